The third-order valence-electron chi connectivity index (χ3n) is 2.34. The number of phenolic OH excluding ortho intramolecular Hbond substituents is 1. The maximum Gasteiger partial charge on any atom is 0.348 e. The average Bonchev–Trinajstić information content (AvgIpc) is 2.45. The van der Waals surface area contributed by atoms with Crippen LogP contribution in [0.4, 0.5) is 0 Å². The van der Waals surface area contributed by atoms with Crippen molar-refractivity contribution in [2.75, 3.05) is 0 Å². The van der Waals surface area contributed by atoms with Gasteiger partial charge in [-0.1, -0.05) is 35.3 Å². The number of allylic oxidation sites excluding steroid dienone is 1. The van der Waals surface area contributed by atoms with Crippen molar-refractivity contribution < 1.29 is 19.8 Å². The van der Waals surface area contributed by atoms with Crippen LogP contribution in [0.2, 0.25) is 0 Å². The summed E-state index contributed by atoms with van der Waals surface area (Å²) in [6, 6.07) is 6.48. The SMILES string of the molecule is O=C(CCc1ccc(O)cc1)NN=CC(Cl)=C(Cl)C(=O)O. The maximum absolute atomic E-state index is 11.5. The first-order valence-corrected chi connectivity index (χ1v) is 6.54. The summed E-state index contributed by atoms with van der Waals surface area (Å²) in [6.07, 6.45) is 1.59. The second-order valence-corrected chi connectivity index (χ2v) is 4.71. The van der Waals surface area contributed by atoms with Gasteiger partial charge in [-0.3, -0.25) is 4.79 Å². The zero-order chi connectivity index (χ0) is 15.8. The highest BCUT2D eigenvalue weighted by Crippen LogP contribution is 2.12. The third-order valence-corrected chi connectivity index (χ3v) is 3.09. The van der Waals surface area contributed by atoms with Crippen LogP contribution in [0.25, 0.3) is 0 Å². The Hall–Kier alpha value is -2.05. The van der Waals surface area contributed by atoms with Crippen molar-refractivity contribution in [2.24, 2.45) is 5.10 Å². The quantitative estimate of drug-likeness (QED) is 0.423. The largest absolute Gasteiger partial charge is 0.508 e. The molecule has 8 heteroatoms. The first-order chi connectivity index (χ1) is 9.90. The van der Waals surface area contributed by atoms with Crippen LogP contribution >= 0.6 is 23.2 Å². The van der Waals surface area contributed by atoms with E-state index in [1.165, 1.54) is 12.1 Å². The summed E-state index contributed by atoms with van der Waals surface area (Å²) in [7, 11) is 0. The van der Waals surface area contributed by atoms with Crippen molar-refractivity contribution >= 4 is 41.3 Å². The molecule has 1 rings (SSSR count). The zero-order valence-electron chi connectivity index (χ0n) is 10.7. The number of carbonyl (C=O) groups is 2. The van der Waals surface area contributed by atoms with E-state index in [0.717, 1.165) is 11.8 Å². The van der Waals surface area contributed by atoms with Crippen LogP contribution in [-0.4, -0.2) is 28.3 Å². The number of carboxylic acids is 1. The number of rotatable bonds is 6. The lowest BCUT2D eigenvalue weighted by Gasteiger charge is -2.01. The van der Waals surface area contributed by atoms with Crippen LogP contribution in [0, 0.1) is 0 Å². The van der Waals surface area contributed by atoms with Gasteiger partial charge >= 0.3 is 5.97 Å². The second kappa shape index (κ2) is 8.28. The summed E-state index contributed by atoms with van der Waals surface area (Å²) in [5.41, 5.74) is 3.09. The Morgan fingerprint density at radius 2 is 1.86 bits per heavy atom. The number of halogens is 2. The van der Waals surface area contributed by atoms with Gasteiger partial charge in [-0.25, -0.2) is 10.2 Å². The molecule has 0 aliphatic rings. The van der Waals surface area contributed by atoms with Crippen LogP contribution in [0.5, 0.6) is 5.75 Å². The number of aromatic hydroxyl groups is 1. The standard InChI is InChI=1S/C13H12Cl2N2O4/c14-10(12(15)13(20)21)7-16-17-11(19)6-3-8-1-4-9(18)5-2-8/h1-2,4-5,7,18H,3,6H2,(H,17,19)(H,20,21). The van der Waals surface area contributed by atoms with E-state index in [1.54, 1.807) is 12.1 Å². The molecule has 0 aliphatic carbocycles. The molecule has 21 heavy (non-hydrogen) atoms. The van der Waals surface area contributed by atoms with Crippen molar-refractivity contribution in [3.63, 3.8) is 0 Å². The van der Waals surface area contributed by atoms with E-state index in [-0.39, 0.29) is 23.1 Å². The molecule has 3 N–H and O–H groups in total. The number of aliphatic carboxylic acids is 1. The summed E-state index contributed by atoms with van der Waals surface area (Å²) in [6.45, 7) is 0. The number of carboxylic acid groups (broad SMARTS) is 1. The molecule has 0 aliphatic heterocycles. The van der Waals surface area contributed by atoms with E-state index in [9.17, 15) is 9.59 Å². The first-order valence-electron chi connectivity index (χ1n) is 5.78. The van der Waals surface area contributed by atoms with Crippen LogP contribution < -0.4 is 5.43 Å². The lowest BCUT2D eigenvalue weighted by molar-refractivity contribution is -0.131. The van der Waals surface area contributed by atoms with Gasteiger partial charge in [-0.15, -0.1) is 0 Å². The Bertz CT molecular complexity index is 582. The molecular formula is C13H12Cl2N2O4. The second-order valence-electron chi connectivity index (χ2n) is 3.93. The lowest BCUT2D eigenvalue weighted by atomic mass is 10.1. The maximum atomic E-state index is 11.5. The Morgan fingerprint density at radius 3 is 2.43 bits per heavy atom. The van der Waals surface area contributed by atoms with Gasteiger partial charge in [0, 0.05) is 6.42 Å². The number of amides is 1. The minimum atomic E-state index is -1.38. The highest BCUT2D eigenvalue weighted by molar-refractivity contribution is 6.51. The van der Waals surface area contributed by atoms with Gasteiger partial charge in [0.05, 0.1) is 11.2 Å². The van der Waals surface area contributed by atoms with E-state index >= 15 is 0 Å². The molecular weight excluding hydrogens is 319 g/mol. The lowest BCUT2D eigenvalue weighted by Crippen LogP contribution is -2.17. The number of hydrogen-bond acceptors (Lipinski definition) is 4. The fourth-order valence-electron chi connectivity index (χ4n) is 1.30. The summed E-state index contributed by atoms with van der Waals surface area (Å²) in [5, 5.41) is 20.3. The monoisotopic (exact) mass is 330 g/mol. The number of phenols is 1. The minimum absolute atomic E-state index is 0.157. The number of hydrogen-bond donors (Lipinski definition) is 3. The van der Waals surface area contributed by atoms with E-state index in [2.05, 4.69) is 10.5 Å². The van der Waals surface area contributed by atoms with Crippen LogP contribution in [0.3, 0.4) is 0 Å². The Morgan fingerprint density at radius 1 is 1.24 bits per heavy atom. The number of carbonyl (C=O) groups excluding carboxylic acids is 1. The number of nitrogens with one attached hydrogen (secondary N) is 1. The third kappa shape index (κ3) is 6.29. The van der Waals surface area contributed by atoms with Gasteiger partial charge in [0.15, 0.2) is 0 Å². The minimum Gasteiger partial charge on any atom is -0.508 e. The Kier molecular flexibility index (Phi) is 6.71. The van der Waals surface area contributed by atoms with Crippen LogP contribution in [0.15, 0.2) is 39.4 Å². The molecule has 0 unspecified atom stereocenters. The van der Waals surface area contributed by atoms with E-state index < -0.39 is 11.0 Å². The van der Waals surface area contributed by atoms with Crippen molar-refractivity contribution in [1.82, 2.24) is 5.43 Å². The number of hydrazone groups is 1. The van der Waals surface area contributed by atoms with Gasteiger partial charge in [-0.05, 0) is 24.1 Å². The zero-order valence-corrected chi connectivity index (χ0v) is 12.2. The van der Waals surface area contributed by atoms with E-state index in [0.29, 0.717) is 6.42 Å². The molecule has 1 aromatic carbocycles. The van der Waals surface area contributed by atoms with Gasteiger partial charge < -0.3 is 10.2 Å². The molecule has 0 spiro atoms. The molecule has 0 radical (unpaired) electrons. The Labute approximate surface area is 130 Å². The molecule has 6 nitrogen and oxygen atoms in total. The Balaban J connectivity index is 2.43. The van der Waals surface area contributed by atoms with Gasteiger partial charge in [0.2, 0.25) is 5.91 Å². The predicted octanol–water partition coefficient (Wildman–Crippen LogP) is 2.20. The van der Waals surface area contributed by atoms with E-state index in [4.69, 9.17) is 33.4 Å². The van der Waals surface area contributed by atoms with Gasteiger partial charge in [0.1, 0.15) is 10.8 Å². The smallest absolute Gasteiger partial charge is 0.348 e. The van der Waals surface area contributed by atoms with Crippen LogP contribution in [-0.2, 0) is 16.0 Å². The molecule has 0 heterocycles. The van der Waals surface area contributed by atoms with Crippen molar-refractivity contribution in [2.45, 2.75) is 12.8 Å². The number of benzene rings is 1. The fourth-order valence-corrected chi connectivity index (χ4v) is 1.47. The molecule has 112 valence electrons. The normalized spacial score (nSPS) is 12.1. The molecule has 0 saturated carbocycles. The molecule has 1 aromatic rings. The average molecular weight is 331 g/mol. The molecule has 0 fully saturated rings. The molecule has 1 amide bonds. The number of aryl methyl sites for hydroxylation is 1. The highest BCUT2D eigenvalue weighted by Gasteiger charge is 2.08. The summed E-state index contributed by atoms with van der Waals surface area (Å²) < 4.78 is 0. The van der Waals surface area contributed by atoms with Crippen LogP contribution in [0.1, 0.15) is 12.0 Å². The highest BCUT2D eigenvalue weighted by atomic mass is 35.5. The molecule has 0 atom stereocenters. The van der Waals surface area contributed by atoms with Crippen molar-refractivity contribution in [3.05, 3.63) is 39.9 Å². The van der Waals surface area contributed by atoms with E-state index in [1.807, 2.05) is 0 Å². The molecule has 0 bridgehead atoms. The fraction of sp³-hybridized carbons (Fsp3) is 0.154. The summed E-state index contributed by atoms with van der Waals surface area (Å²) >= 11 is 10.9. The first kappa shape index (κ1) is 17.0. The number of nitrogens with zero attached hydrogens (tertiary/aromatic N) is 1. The summed E-state index contributed by atoms with van der Waals surface area (Å²) in [5.74, 6) is -1.59. The molecule has 0 aromatic heterocycles. The topological polar surface area (TPSA) is 99.0 Å². The predicted molar refractivity (Wildman–Crippen MR) is 79.4 cm³/mol. The van der Waals surface area contributed by atoms with Gasteiger partial charge in [0.25, 0.3) is 0 Å². The molecule has 0 saturated heterocycles. The summed E-state index contributed by atoms with van der Waals surface area (Å²) in [4.78, 5) is 22.0. The van der Waals surface area contributed by atoms with Crippen molar-refractivity contribution in [1.29, 1.82) is 0 Å². The van der Waals surface area contributed by atoms with Crippen molar-refractivity contribution in [3.8, 4) is 5.75 Å². The van der Waals surface area contributed by atoms with Gasteiger partial charge in [-0.2, -0.15) is 5.10 Å².